The van der Waals surface area contributed by atoms with E-state index in [1.54, 1.807) is 13.0 Å². The van der Waals surface area contributed by atoms with E-state index >= 15 is 0 Å². The summed E-state index contributed by atoms with van der Waals surface area (Å²) in [6.45, 7) is 2.62. The van der Waals surface area contributed by atoms with Crippen LogP contribution in [0.4, 0.5) is 10.5 Å². The van der Waals surface area contributed by atoms with Gasteiger partial charge in [0.2, 0.25) is 0 Å². The molecule has 1 fully saturated rings. The van der Waals surface area contributed by atoms with Crippen LogP contribution in [0.5, 0.6) is 5.75 Å². The Morgan fingerprint density at radius 2 is 2.05 bits per heavy atom. The molecule has 7 nitrogen and oxygen atoms in total. The monoisotopic (exact) mass is 280 g/mol. The average molecular weight is 280 g/mol. The van der Waals surface area contributed by atoms with Gasteiger partial charge >= 0.3 is 6.09 Å². The Balaban J connectivity index is 2.01. The third-order valence-corrected chi connectivity index (χ3v) is 3.26. The Bertz CT molecular complexity index is 523. The number of nitro groups is 1. The molecular weight excluding hydrogens is 264 g/mol. The van der Waals surface area contributed by atoms with Gasteiger partial charge in [-0.2, -0.15) is 0 Å². The highest BCUT2D eigenvalue weighted by atomic mass is 16.6. The summed E-state index contributed by atoms with van der Waals surface area (Å²) in [5, 5.41) is 19.7. The SMILES string of the molecule is Cc1cc(OC2CCN(C(=O)O)CC2)cc([N+](=O)[O-])c1. The zero-order valence-electron chi connectivity index (χ0n) is 11.1. The molecule has 20 heavy (non-hydrogen) atoms. The number of amides is 1. The number of rotatable bonds is 3. The Kier molecular flexibility index (Phi) is 4.07. The average Bonchev–Trinajstić information content (AvgIpc) is 2.38. The highest BCUT2D eigenvalue weighted by Gasteiger charge is 2.23. The van der Waals surface area contributed by atoms with E-state index in [9.17, 15) is 14.9 Å². The van der Waals surface area contributed by atoms with Gasteiger partial charge in [0, 0.05) is 32.0 Å². The van der Waals surface area contributed by atoms with Gasteiger partial charge in [0.15, 0.2) is 0 Å². The second-order valence-corrected chi connectivity index (χ2v) is 4.85. The fraction of sp³-hybridized carbons (Fsp3) is 0.462. The van der Waals surface area contributed by atoms with Crippen molar-refractivity contribution in [1.82, 2.24) is 4.90 Å². The minimum Gasteiger partial charge on any atom is -0.490 e. The maximum Gasteiger partial charge on any atom is 0.407 e. The van der Waals surface area contributed by atoms with Crippen molar-refractivity contribution in [2.75, 3.05) is 13.1 Å². The van der Waals surface area contributed by atoms with Gasteiger partial charge in [-0.15, -0.1) is 0 Å². The second kappa shape index (κ2) is 5.77. The van der Waals surface area contributed by atoms with Crippen LogP contribution in [0.1, 0.15) is 18.4 Å². The number of non-ortho nitro benzene ring substituents is 1. The standard InChI is InChI=1S/C13H16N2O5/c1-9-6-10(15(18)19)8-12(7-9)20-11-2-4-14(5-3-11)13(16)17/h6-8,11H,2-5H2,1H3,(H,16,17). The van der Waals surface area contributed by atoms with E-state index in [0.717, 1.165) is 5.56 Å². The first-order chi connectivity index (χ1) is 9.45. The summed E-state index contributed by atoms with van der Waals surface area (Å²) in [5.74, 6) is 0.463. The van der Waals surface area contributed by atoms with Crippen molar-refractivity contribution in [2.45, 2.75) is 25.9 Å². The van der Waals surface area contributed by atoms with Crippen LogP contribution in [0.15, 0.2) is 18.2 Å². The van der Waals surface area contributed by atoms with Gasteiger partial charge < -0.3 is 14.7 Å². The lowest BCUT2D eigenvalue weighted by atomic mass is 10.1. The lowest BCUT2D eigenvalue weighted by molar-refractivity contribution is -0.385. The second-order valence-electron chi connectivity index (χ2n) is 4.85. The van der Waals surface area contributed by atoms with Crippen molar-refractivity contribution in [1.29, 1.82) is 0 Å². The number of hydrogen-bond acceptors (Lipinski definition) is 4. The van der Waals surface area contributed by atoms with Gasteiger partial charge in [0.25, 0.3) is 5.69 Å². The number of hydrogen-bond donors (Lipinski definition) is 1. The van der Waals surface area contributed by atoms with Gasteiger partial charge in [-0.05, 0) is 18.6 Å². The van der Waals surface area contributed by atoms with E-state index in [-0.39, 0.29) is 11.8 Å². The quantitative estimate of drug-likeness (QED) is 0.678. The number of nitrogens with zero attached hydrogens (tertiary/aromatic N) is 2. The predicted molar refractivity (Wildman–Crippen MR) is 71.1 cm³/mol. The number of ether oxygens (including phenoxy) is 1. The summed E-state index contributed by atoms with van der Waals surface area (Å²) >= 11 is 0. The Morgan fingerprint density at radius 3 is 2.60 bits per heavy atom. The van der Waals surface area contributed by atoms with E-state index in [1.165, 1.54) is 17.0 Å². The number of likely N-dealkylation sites (tertiary alicyclic amines) is 1. The molecule has 0 spiro atoms. The zero-order chi connectivity index (χ0) is 14.7. The van der Waals surface area contributed by atoms with Crippen LogP contribution < -0.4 is 4.74 Å². The Morgan fingerprint density at radius 1 is 1.40 bits per heavy atom. The highest BCUT2D eigenvalue weighted by Crippen LogP contribution is 2.25. The van der Waals surface area contributed by atoms with Crippen molar-refractivity contribution < 1.29 is 19.6 Å². The van der Waals surface area contributed by atoms with Crippen molar-refractivity contribution in [2.24, 2.45) is 0 Å². The molecule has 0 aliphatic carbocycles. The van der Waals surface area contributed by atoms with Crippen molar-refractivity contribution in [3.8, 4) is 5.75 Å². The van der Waals surface area contributed by atoms with Crippen LogP contribution >= 0.6 is 0 Å². The summed E-state index contributed by atoms with van der Waals surface area (Å²) in [5.41, 5.74) is 0.764. The molecule has 1 aromatic carbocycles. The summed E-state index contributed by atoms with van der Waals surface area (Å²) in [6, 6.07) is 4.63. The van der Waals surface area contributed by atoms with Crippen molar-refractivity contribution in [3.63, 3.8) is 0 Å². The maximum atomic E-state index is 10.8. The molecule has 1 heterocycles. The van der Waals surface area contributed by atoms with E-state index in [0.29, 0.717) is 31.7 Å². The lowest BCUT2D eigenvalue weighted by Gasteiger charge is -2.30. The number of benzene rings is 1. The molecule has 0 saturated carbocycles. The number of aryl methyl sites for hydroxylation is 1. The van der Waals surface area contributed by atoms with E-state index in [2.05, 4.69) is 0 Å². The van der Waals surface area contributed by atoms with Crippen LogP contribution in [-0.2, 0) is 0 Å². The molecule has 0 aromatic heterocycles. The van der Waals surface area contributed by atoms with E-state index < -0.39 is 11.0 Å². The molecule has 0 atom stereocenters. The lowest BCUT2D eigenvalue weighted by Crippen LogP contribution is -2.41. The first-order valence-corrected chi connectivity index (χ1v) is 6.36. The normalized spacial score (nSPS) is 15.9. The summed E-state index contributed by atoms with van der Waals surface area (Å²) in [7, 11) is 0. The van der Waals surface area contributed by atoms with Crippen LogP contribution in [-0.4, -0.2) is 40.2 Å². The largest absolute Gasteiger partial charge is 0.490 e. The molecule has 1 aliphatic heterocycles. The highest BCUT2D eigenvalue weighted by molar-refractivity contribution is 5.65. The van der Waals surface area contributed by atoms with Crippen molar-refractivity contribution >= 4 is 11.8 Å². The molecular formula is C13H16N2O5. The van der Waals surface area contributed by atoms with Gasteiger partial charge in [-0.1, -0.05) is 0 Å². The Hall–Kier alpha value is -2.31. The number of carbonyl (C=O) groups is 1. The van der Waals surface area contributed by atoms with Gasteiger partial charge in [0.1, 0.15) is 11.9 Å². The molecule has 0 radical (unpaired) electrons. The smallest absolute Gasteiger partial charge is 0.407 e. The van der Waals surface area contributed by atoms with Gasteiger partial charge in [0.05, 0.1) is 11.0 Å². The fourth-order valence-corrected chi connectivity index (χ4v) is 2.26. The molecule has 7 heteroatoms. The van der Waals surface area contributed by atoms with Crippen molar-refractivity contribution in [3.05, 3.63) is 33.9 Å². The first kappa shape index (κ1) is 14.1. The number of piperidine rings is 1. The molecule has 108 valence electrons. The maximum absolute atomic E-state index is 10.8. The number of nitro benzene ring substituents is 1. The van der Waals surface area contributed by atoms with Crippen LogP contribution in [0, 0.1) is 17.0 Å². The molecule has 2 rings (SSSR count). The van der Waals surface area contributed by atoms with Gasteiger partial charge in [-0.25, -0.2) is 4.79 Å². The Labute approximate surface area is 115 Å². The minimum atomic E-state index is -0.922. The van der Waals surface area contributed by atoms with E-state index in [1.807, 2.05) is 0 Å². The van der Waals surface area contributed by atoms with Crippen LogP contribution in [0.2, 0.25) is 0 Å². The molecule has 0 unspecified atom stereocenters. The van der Waals surface area contributed by atoms with E-state index in [4.69, 9.17) is 9.84 Å². The topological polar surface area (TPSA) is 92.9 Å². The first-order valence-electron chi connectivity index (χ1n) is 6.36. The molecule has 0 bridgehead atoms. The predicted octanol–water partition coefficient (Wildman–Crippen LogP) is 2.42. The summed E-state index contributed by atoms with van der Waals surface area (Å²) < 4.78 is 5.73. The van der Waals surface area contributed by atoms with Crippen LogP contribution in [0.25, 0.3) is 0 Å². The fourth-order valence-electron chi connectivity index (χ4n) is 2.26. The summed E-state index contributed by atoms with van der Waals surface area (Å²) in [4.78, 5) is 22.5. The van der Waals surface area contributed by atoms with Crippen LogP contribution in [0.3, 0.4) is 0 Å². The molecule has 1 amide bonds. The third kappa shape index (κ3) is 3.37. The van der Waals surface area contributed by atoms with Gasteiger partial charge in [-0.3, -0.25) is 10.1 Å². The molecule has 1 saturated heterocycles. The molecule has 1 aromatic rings. The third-order valence-electron chi connectivity index (χ3n) is 3.26. The minimum absolute atomic E-state index is 0.00275. The molecule has 1 N–H and O–H groups in total. The zero-order valence-corrected chi connectivity index (χ0v) is 11.1. The number of carboxylic acid groups (broad SMARTS) is 1. The summed E-state index contributed by atoms with van der Waals surface area (Å²) in [6.07, 6.45) is 0.156. The molecule has 1 aliphatic rings.